The fourth-order valence-corrected chi connectivity index (χ4v) is 1.85. The highest BCUT2D eigenvalue weighted by atomic mass is 32.1. The smallest absolute Gasteiger partial charge is 0.0926 e. The van der Waals surface area contributed by atoms with E-state index in [1.165, 1.54) is 5.01 Å². The van der Waals surface area contributed by atoms with Crippen molar-refractivity contribution in [1.29, 1.82) is 0 Å². The van der Waals surface area contributed by atoms with E-state index in [2.05, 4.69) is 22.6 Å². The number of hydrogen-bond donors (Lipinski definition) is 2. The van der Waals surface area contributed by atoms with Gasteiger partial charge in [0.05, 0.1) is 16.8 Å². The number of aryl methyl sites for hydroxylation is 1. The highest BCUT2D eigenvalue weighted by Gasteiger charge is 2.02. The maximum absolute atomic E-state index is 9.31. The Hall–Kier alpha value is -0.450. The van der Waals surface area contributed by atoms with E-state index in [4.69, 9.17) is 0 Å². The topological polar surface area (TPSA) is 45.2 Å². The molecular formula is C10H18N2OS. The molecule has 1 aromatic heterocycles. The summed E-state index contributed by atoms with van der Waals surface area (Å²) in [6.45, 7) is 5.49. The minimum Gasteiger partial charge on any atom is -0.392 e. The van der Waals surface area contributed by atoms with Crippen molar-refractivity contribution < 1.29 is 5.11 Å². The van der Waals surface area contributed by atoms with E-state index in [1.54, 1.807) is 11.3 Å². The molecule has 1 unspecified atom stereocenters. The van der Waals surface area contributed by atoms with Crippen LogP contribution in [0, 0.1) is 0 Å². The van der Waals surface area contributed by atoms with E-state index in [9.17, 15) is 5.11 Å². The van der Waals surface area contributed by atoms with E-state index >= 15 is 0 Å². The SMILES string of the molecule is CCc1nc(CNCC(O)CC)cs1. The molecule has 14 heavy (non-hydrogen) atoms. The molecule has 0 saturated heterocycles. The maximum atomic E-state index is 9.31. The molecule has 0 bridgehead atoms. The summed E-state index contributed by atoms with van der Waals surface area (Å²) in [5.41, 5.74) is 1.08. The van der Waals surface area contributed by atoms with Gasteiger partial charge in [-0.15, -0.1) is 11.3 Å². The van der Waals surface area contributed by atoms with Crippen LogP contribution in [0.25, 0.3) is 0 Å². The van der Waals surface area contributed by atoms with E-state index in [-0.39, 0.29) is 6.10 Å². The first kappa shape index (κ1) is 11.6. The fourth-order valence-electron chi connectivity index (χ4n) is 1.10. The summed E-state index contributed by atoms with van der Waals surface area (Å²) in [4.78, 5) is 4.43. The zero-order valence-corrected chi connectivity index (χ0v) is 9.60. The molecule has 3 nitrogen and oxygen atoms in total. The average Bonchev–Trinajstić information content (AvgIpc) is 2.65. The molecule has 0 amide bonds. The molecule has 0 spiro atoms. The summed E-state index contributed by atoms with van der Waals surface area (Å²) in [5, 5.41) is 15.7. The van der Waals surface area contributed by atoms with Crippen molar-refractivity contribution >= 4 is 11.3 Å². The quantitative estimate of drug-likeness (QED) is 0.755. The molecule has 4 heteroatoms. The summed E-state index contributed by atoms with van der Waals surface area (Å²) in [6, 6.07) is 0. The molecule has 0 saturated carbocycles. The lowest BCUT2D eigenvalue weighted by molar-refractivity contribution is 0.167. The van der Waals surface area contributed by atoms with Crippen LogP contribution in [0.2, 0.25) is 0 Å². The van der Waals surface area contributed by atoms with Crippen molar-refractivity contribution in [2.45, 2.75) is 39.3 Å². The first-order chi connectivity index (χ1) is 6.76. The summed E-state index contributed by atoms with van der Waals surface area (Å²) in [6.07, 6.45) is 1.56. The molecular weight excluding hydrogens is 196 g/mol. The minimum absolute atomic E-state index is 0.237. The van der Waals surface area contributed by atoms with Crippen LogP contribution in [0.3, 0.4) is 0 Å². The highest BCUT2D eigenvalue weighted by molar-refractivity contribution is 7.09. The third-order valence-corrected chi connectivity index (χ3v) is 3.10. The number of hydrogen-bond acceptors (Lipinski definition) is 4. The van der Waals surface area contributed by atoms with Crippen LogP contribution < -0.4 is 5.32 Å². The molecule has 80 valence electrons. The van der Waals surface area contributed by atoms with Gasteiger partial charge in [0.15, 0.2) is 0 Å². The third-order valence-electron chi connectivity index (χ3n) is 2.06. The van der Waals surface area contributed by atoms with Crippen molar-refractivity contribution in [3.8, 4) is 0 Å². The monoisotopic (exact) mass is 214 g/mol. The van der Waals surface area contributed by atoms with E-state index < -0.39 is 0 Å². The molecule has 0 fully saturated rings. The average molecular weight is 214 g/mol. The van der Waals surface area contributed by atoms with Crippen molar-refractivity contribution in [2.24, 2.45) is 0 Å². The Morgan fingerprint density at radius 3 is 2.93 bits per heavy atom. The van der Waals surface area contributed by atoms with E-state index in [1.807, 2.05) is 6.92 Å². The number of rotatable bonds is 6. The van der Waals surface area contributed by atoms with E-state index in [0.29, 0.717) is 6.54 Å². The first-order valence-electron chi connectivity index (χ1n) is 5.08. The van der Waals surface area contributed by atoms with Gasteiger partial charge in [0.1, 0.15) is 0 Å². The normalized spacial score (nSPS) is 13.1. The number of aliphatic hydroxyl groups is 1. The van der Waals surface area contributed by atoms with Crippen LogP contribution in [0.4, 0.5) is 0 Å². The summed E-state index contributed by atoms with van der Waals surface area (Å²) < 4.78 is 0. The van der Waals surface area contributed by atoms with Gasteiger partial charge in [-0.3, -0.25) is 0 Å². The van der Waals surface area contributed by atoms with Gasteiger partial charge in [-0.2, -0.15) is 0 Å². The molecule has 0 aromatic carbocycles. The van der Waals surface area contributed by atoms with Crippen LogP contribution in [0.15, 0.2) is 5.38 Å². The number of nitrogens with zero attached hydrogens (tertiary/aromatic N) is 1. The molecule has 1 rings (SSSR count). The Labute approximate surface area is 89.2 Å². The zero-order valence-electron chi connectivity index (χ0n) is 8.79. The highest BCUT2D eigenvalue weighted by Crippen LogP contribution is 2.09. The van der Waals surface area contributed by atoms with Gasteiger partial charge in [-0.1, -0.05) is 13.8 Å². The second-order valence-electron chi connectivity index (χ2n) is 3.28. The Morgan fingerprint density at radius 1 is 1.57 bits per heavy atom. The summed E-state index contributed by atoms with van der Waals surface area (Å²) in [5.74, 6) is 0. The lowest BCUT2D eigenvalue weighted by Gasteiger charge is -2.07. The molecule has 0 radical (unpaired) electrons. The van der Waals surface area contributed by atoms with Crippen LogP contribution in [-0.2, 0) is 13.0 Å². The van der Waals surface area contributed by atoms with Crippen LogP contribution in [0.1, 0.15) is 31.0 Å². The van der Waals surface area contributed by atoms with Gasteiger partial charge in [0.2, 0.25) is 0 Å². The Balaban J connectivity index is 2.24. The van der Waals surface area contributed by atoms with Gasteiger partial charge in [-0.25, -0.2) is 4.98 Å². The third kappa shape index (κ3) is 3.74. The molecule has 0 aliphatic heterocycles. The standard InChI is InChI=1S/C10H18N2OS/c1-3-9(13)6-11-5-8-7-14-10(4-2)12-8/h7,9,11,13H,3-6H2,1-2H3. The lowest BCUT2D eigenvalue weighted by Crippen LogP contribution is -2.25. The number of nitrogens with one attached hydrogen (secondary N) is 1. The Kier molecular flexibility index (Phi) is 5.07. The van der Waals surface area contributed by atoms with Crippen molar-refractivity contribution in [3.05, 3.63) is 16.1 Å². The minimum atomic E-state index is -0.237. The lowest BCUT2D eigenvalue weighted by atomic mass is 10.3. The summed E-state index contributed by atoms with van der Waals surface area (Å²) in [7, 11) is 0. The molecule has 1 aromatic rings. The van der Waals surface area contributed by atoms with Crippen LogP contribution in [-0.4, -0.2) is 22.7 Å². The van der Waals surface area contributed by atoms with Crippen molar-refractivity contribution in [1.82, 2.24) is 10.3 Å². The molecule has 1 heterocycles. The van der Waals surface area contributed by atoms with E-state index in [0.717, 1.165) is 25.1 Å². The molecule has 1 atom stereocenters. The fraction of sp³-hybridized carbons (Fsp3) is 0.700. The first-order valence-corrected chi connectivity index (χ1v) is 5.96. The maximum Gasteiger partial charge on any atom is 0.0926 e. The molecule has 0 aliphatic rings. The predicted octanol–water partition coefficient (Wildman–Crippen LogP) is 1.57. The largest absolute Gasteiger partial charge is 0.392 e. The van der Waals surface area contributed by atoms with Crippen molar-refractivity contribution in [2.75, 3.05) is 6.54 Å². The van der Waals surface area contributed by atoms with Gasteiger partial charge in [0, 0.05) is 18.5 Å². The van der Waals surface area contributed by atoms with Gasteiger partial charge in [-0.05, 0) is 12.8 Å². The Morgan fingerprint density at radius 2 is 2.36 bits per heavy atom. The van der Waals surface area contributed by atoms with Gasteiger partial charge < -0.3 is 10.4 Å². The second-order valence-corrected chi connectivity index (χ2v) is 4.22. The number of thiazole rings is 1. The predicted molar refractivity (Wildman–Crippen MR) is 59.5 cm³/mol. The van der Waals surface area contributed by atoms with Crippen molar-refractivity contribution in [3.63, 3.8) is 0 Å². The van der Waals surface area contributed by atoms with Gasteiger partial charge >= 0.3 is 0 Å². The van der Waals surface area contributed by atoms with Gasteiger partial charge in [0.25, 0.3) is 0 Å². The zero-order chi connectivity index (χ0) is 10.4. The number of aromatic nitrogens is 1. The number of aliphatic hydroxyl groups excluding tert-OH is 1. The molecule has 0 aliphatic carbocycles. The Bertz CT molecular complexity index is 262. The van der Waals surface area contributed by atoms with Crippen LogP contribution >= 0.6 is 11.3 Å². The molecule has 2 N–H and O–H groups in total. The van der Waals surface area contributed by atoms with Crippen LogP contribution in [0.5, 0.6) is 0 Å². The second kappa shape index (κ2) is 6.11. The summed E-state index contributed by atoms with van der Waals surface area (Å²) >= 11 is 1.70.